The van der Waals surface area contributed by atoms with E-state index in [0.717, 1.165) is 10.0 Å². The summed E-state index contributed by atoms with van der Waals surface area (Å²) in [6, 6.07) is 3.15. The Morgan fingerprint density at radius 1 is 1.37 bits per heavy atom. The Morgan fingerprint density at radius 3 is 2.47 bits per heavy atom. The molecule has 1 aromatic rings. The normalized spacial score (nSPS) is 13.5. The van der Waals surface area contributed by atoms with Crippen molar-refractivity contribution in [2.75, 3.05) is 5.32 Å². The van der Waals surface area contributed by atoms with Crippen LogP contribution < -0.4 is 10.6 Å². The van der Waals surface area contributed by atoms with Gasteiger partial charge in [-0.3, -0.25) is 0 Å². The van der Waals surface area contributed by atoms with Gasteiger partial charge in [0, 0.05) is 10.2 Å². The fourth-order valence-corrected chi connectivity index (χ4v) is 1.67. The van der Waals surface area contributed by atoms with E-state index >= 15 is 0 Å². The molecule has 0 heterocycles. The maximum absolute atomic E-state index is 11.6. The Labute approximate surface area is 118 Å². The number of hydrogen-bond donors (Lipinski definition) is 4. The molecule has 0 saturated heterocycles. The molecule has 0 unspecified atom stereocenters. The van der Waals surface area contributed by atoms with E-state index in [1.54, 1.807) is 18.2 Å². The maximum Gasteiger partial charge on any atom is 0.328 e. The molecule has 1 rings (SSSR count). The van der Waals surface area contributed by atoms with E-state index < -0.39 is 24.1 Å². The van der Waals surface area contributed by atoms with E-state index in [4.69, 9.17) is 5.11 Å². The number of urea groups is 1. The Kier molecular flexibility index (Phi) is 5.31. The van der Waals surface area contributed by atoms with Gasteiger partial charge >= 0.3 is 12.0 Å². The third kappa shape index (κ3) is 4.53. The number of carboxylic acid groups (broad SMARTS) is 1. The van der Waals surface area contributed by atoms with Gasteiger partial charge in [0.15, 0.2) is 6.04 Å². The van der Waals surface area contributed by atoms with Gasteiger partial charge in [0.1, 0.15) is 0 Å². The van der Waals surface area contributed by atoms with Gasteiger partial charge in [-0.15, -0.1) is 0 Å². The molecular weight excluding hydrogens is 316 g/mol. The number of aliphatic carboxylic acids is 1. The van der Waals surface area contributed by atoms with E-state index in [0.29, 0.717) is 5.69 Å². The lowest BCUT2D eigenvalue weighted by molar-refractivity contribution is -0.141. The van der Waals surface area contributed by atoms with Crippen LogP contribution in [0.2, 0.25) is 0 Å². The number of hydrogen-bond acceptors (Lipinski definition) is 3. The van der Waals surface area contributed by atoms with Crippen LogP contribution >= 0.6 is 15.9 Å². The molecule has 19 heavy (non-hydrogen) atoms. The maximum atomic E-state index is 11.6. The van der Waals surface area contributed by atoms with Crippen LogP contribution in [0, 0.1) is 6.92 Å². The molecule has 0 radical (unpaired) electrons. The highest BCUT2D eigenvalue weighted by Crippen LogP contribution is 2.19. The quantitative estimate of drug-likeness (QED) is 0.675. The molecule has 0 aliphatic rings. The van der Waals surface area contributed by atoms with Crippen molar-refractivity contribution < 1.29 is 19.8 Å². The van der Waals surface area contributed by atoms with Crippen LogP contribution in [-0.4, -0.2) is 34.4 Å². The summed E-state index contributed by atoms with van der Waals surface area (Å²) >= 11 is 3.33. The minimum atomic E-state index is -1.35. The van der Waals surface area contributed by atoms with Gasteiger partial charge in [0.05, 0.1) is 6.10 Å². The minimum absolute atomic E-state index is 0.535. The molecule has 0 spiro atoms. The van der Waals surface area contributed by atoms with Crippen molar-refractivity contribution in [3.63, 3.8) is 0 Å². The highest BCUT2D eigenvalue weighted by Gasteiger charge is 2.24. The smallest absolute Gasteiger partial charge is 0.328 e. The Balaban J connectivity index is 2.69. The first-order valence-electron chi connectivity index (χ1n) is 5.56. The molecule has 0 aromatic heterocycles. The van der Waals surface area contributed by atoms with Gasteiger partial charge in [0.25, 0.3) is 0 Å². The summed E-state index contributed by atoms with van der Waals surface area (Å²) in [5.41, 5.74) is 1.47. The summed E-state index contributed by atoms with van der Waals surface area (Å²) in [5, 5.41) is 22.8. The molecule has 0 saturated carbocycles. The van der Waals surface area contributed by atoms with Crippen molar-refractivity contribution in [1.29, 1.82) is 0 Å². The molecule has 1 aromatic carbocycles. The number of aryl methyl sites for hydroxylation is 1. The third-order valence-electron chi connectivity index (χ3n) is 2.45. The first-order valence-corrected chi connectivity index (χ1v) is 6.35. The number of amides is 2. The number of nitrogens with one attached hydrogen (secondary N) is 2. The second-order valence-corrected chi connectivity index (χ2v) is 4.97. The summed E-state index contributed by atoms with van der Waals surface area (Å²) in [6.07, 6.45) is -1.19. The standard InChI is InChI=1S/C12H15BrN2O4/c1-6-5-8(3-4-9(6)13)14-12(19)15-10(7(2)16)11(17)18/h3-5,7,10,16H,1-2H3,(H,17,18)(H2,14,15,19)/t7-,10+/m1/s1. The van der Waals surface area contributed by atoms with Crippen LogP contribution in [0.3, 0.4) is 0 Å². The Bertz CT molecular complexity index is 491. The van der Waals surface area contributed by atoms with Gasteiger partial charge in [-0.2, -0.15) is 0 Å². The van der Waals surface area contributed by atoms with Crippen LogP contribution in [0.4, 0.5) is 10.5 Å². The minimum Gasteiger partial charge on any atom is -0.480 e. The van der Waals surface area contributed by atoms with Crippen molar-refractivity contribution >= 4 is 33.6 Å². The number of anilines is 1. The third-order valence-corrected chi connectivity index (χ3v) is 3.34. The molecule has 2 amide bonds. The second-order valence-electron chi connectivity index (χ2n) is 4.12. The van der Waals surface area contributed by atoms with E-state index in [2.05, 4.69) is 26.6 Å². The van der Waals surface area contributed by atoms with Gasteiger partial charge in [-0.25, -0.2) is 9.59 Å². The van der Waals surface area contributed by atoms with E-state index in [9.17, 15) is 14.7 Å². The zero-order valence-corrected chi connectivity index (χ0v) is 12.1. The molecule has 0 aliphatic heterocycles. The van der Waals surface area contributed by atoms with E-state index in [1.807, 2.05) is 6.92 Å². The number of carboxylic acids is 1. The molecular formula is C12H15BrN2O4. The van der Waals surface area contributed by atoms with Gasteiger partial charge in [0.2, 0.25) is 0 Å². The predicted octanol–water partition coefficient (Wildman–Crippen LogP) is 1.71. The number of benzene rings is 1. The lowest BCUT2D eigenvalue weighted by atomic mass is 10.2. The molecule has 4 N–H and O–H groups in total. The van der Waals surface area contributed by atoms with Crippen LogP contribution in [0.1, 0.15) is 12.5 Å². The van der Waals surface area contributed by atoms with Crippen molar-refractivity contribution in [2.24, 2.45) is 0 Å². The average Bonchev–Trinajstić information content (AvgIpc) is 2.30. The van der Waals surface area contributed by atoms with Gasteiger partial charge in [-0.1, -0.05) is 15.9 Å². The topological polar surface area (TPSA) is 98.7 Å². The monoisotopic (exact) mass is 330 g/mol. The van der Waals surface area contributed by atoms with Crippen molar-refractivity contribution in [1.82, 2.24) is 5.32 Å². The zero-order valence-electron chi connectivity index (χ0n) is 10.5. The molecule has 0 aliphatic carbocycles. The molecule has 7 heteroatoms. The summed E-state index contributed by atoms with van der Waals surface area (Å²) in [7, 11) is 0. The second kappa shape index (κ2) is 6.53. The van der Waals surface area contributed by atoms with Crippen molar-refractivity contribution in [2.45, 2.75) is 26.0 Å². The van der Waals surface area contributed by atoms with Crippen LogP contribution in [0.15, 0.2) is 22.7 Å². The first-order chi connectivity index (χ1) is 8.81. The molecule has 6 nitrogen and oxygen atoms in total. The SMILES string of the molecule is Cc1cc(NC(=O)N[C@H](C(=O)O)[C@@H](C)O)ccc1Br. The van der Waals surface area contributed by atoms with Gasteiger partial charge in [-0.05, 0) is 37.6 Å². The number of aliphatic hydroxyl groups is 1. The summed E-state index contributed by atoms with van der Waals surface area (Å²) in [4.78, 5) is 22.4. The highest BCUT2D eigenvalue weighted by molar-refractivity contribution is 9.10. The Morgan fingerprint density at radius 2 is 2.00 bits per heavy atom. The molecule has 104 valence electrons. The summed E-state index contributed by atoms with van der Waals surface area (Å²) in [5.74, 6) is -1.29. The Hall–Kier alpha value is -1.60. The first kappa shape index (κ1) is 15.5. The molecule has 0 fully saturated rings. The molecule has 2 atom stereocenters. The number of aliphatic hydroxyl groups excluding tert-OH is 1. The van der Waals surface area contributed by atoms with E-state index in [-0.39, 0.29) is 0 Å². The van der Waals surface area contributed by atoms with Crippen molar-refractivity contribution in [3.8, 4) is 0 Å². The average molecular weight is 331 g/mol. The lowest BCUT2D eigenvalue weighted by Crippen LogP contribution is -2.49. The van der Waals surface area contributed by atoms with Crippen LogP contribution in [0.25, 0.3) is 0 Å². The summed E-state index contributed by atoms with van der Waals surface area (Å²) in [6.45, 7) is 3.16. The largest absolute Gasteiger partial charge is 0.480 e. The number of rotatable bonds is 4. The highest BCUT2D eigenvalue weighted by atomic mass is 79.9. The zero-order chi connectivity index (χ0) is 14.6. The predicted molar refractivity (Wildman–Crippen MR) is 74.1 cm³/mol. The van der Waals surface area contributed by atoms with Crippen LogP contribution in [0.5, 0.6) is 0 Å². The number of carbonyl (C=O) groups is 2. The van der Waals surface area contributed by atoms with Gasteiger partial charge < -0.3 is 20.8 Å². The number of carbonyl (C=O) groups excluding carboxylic acids is 1. The number of halogens is 1. The molecule has 0 bridgehead atoms. The van der Waals surface area contributed by atoms with E-state index in [1.165, 1.54) is 6.92 Å². The fourth-order valence-electron chi connectivity index (χ4n) is 1.42. The van der Waals surface area contributed by atoms with Crippen LogP contribution in [-0.2, 0) is 4.79 Å². The summed E-state index contributed by atoms with van der Waals surface area (Å²) < 4.78 is 0.908. The fraction of sp³-hybridized carbons (Fsp3) is 0.333. The lowest BCUT2D eigenvalue weighted by Gasteiger charge is -2.17. The van der Waals surface area contributed by atoms with Crippen molar-refractivity contribution in [3.05, 3.63) is 28.2 Å².